The first kappa shape index (κ1) is 22.8. The number of amides is 2. The number of benzene rings is 1. The Morgan fingerprint density at radius 2 is 1.84 bits per heavy atom. The van der Waals surface area contributed by atoms with Gasteiger partial charge in [0.15, 0.2) is 0 Å². The number of hydrogen-bond acceptors (Lipinski definition) is 4. The number of nitrogens with zero attached hydrogens (tertiary/aromatic N) is 2. The zero-order chi connectivity index (χ0) is 22.7. The zero-order valence-corrected chi connectivity index (χ0v) is 19.3. The third kappa shape index (κ3) is 5.00. The first-order chi connectivity index (χ1) is 15.3. The van der Waals surface area contributed by atoms with Gasteiger partial charge in [-0.3, -0.25) is 9.59 Å². The topological polar surface area (TPSA) is 103 Å². The molecule has 2 fully saturated rings. The van der Waals surface area contributed by atoms with Crippen LogP contribution in [0.25, 0.3) is 0 Å². The minimum absolute atomic E-state index is 0.0498. The van der Waals surface area contributed by atoms with Crippen LogP contribution in [0, 0.1) is 5.92 Å². The van der Waals surface area contributed by atoms with E-state index >= 15 is 0 Å². The van der Waals surface area contributed by atoms with Gasteiger partial charge in [-0.15, -0.1) is 0 Å². The molecule has 32 heavy (non-hydrogen) atoms. The fourth-order valence-electron chi connectivity index (χ4n) is 4.25. The minimum atomic E-state index is -3.82. The van der Waals surface area contributed by atoms with E-state index in [4.69, 9.17) is 11.6 Å². The molecule has 2 aliphatic rings. The van der Waals surface area contributed by atoms with Crippen LogP contribution in [0.2, 0.25) is 5.02 Å². The molecule has 0 saturated carbocycles. The number of halogens is 1. The van der Waals surface area contributed by atoms with E-state index in [1.165, 1.54) is 16.6 Å². The Labute approximate surface area is 193 Å². The van der Waals surface area contributed by atoms with Gasteiger partial charge < -0.3 is 15.2 Å². The monoisotopic (exact) mass is 478 g/mol. The van der Waals surface area contributed by atoms with E-state index in [0.717, 1.165) is 19.3 Å². The Morgan fingerprint density at radius 1 is 1.06 bits per heavy atom. The van der Waals surface area contributed by atoms with Crippen LogP contribution in [-0.2, 0) is 14.8 Å². The second-order valence-electron chi connectivity index (χ2n) is 8.30. The zero-order valence-electron chi connectivity index (χ0n) is 17.7. The van der Waals surface area contributed by atoms with Crippen LogP contribution in [0.3, 0.4) is 0 Å². The van der Waals surface area contributed by atoms with Crippen molar-refractivity contribution >= 4 is 39.1 Å². The number of carbonyl (C=O) groups excluding carboxylic acids is 2. The second-order valence-corrected chi connectivity index (χ2v) is 10.7. The van der Waals surface area contributed by atoms with Gasteiger partial charge in [-0.2, -0.15) is 4.31 Å². The van der Waals surface area contributed by atoms with E-state index in [9.17, 15) is 18.0 Å². The second kappa shape index (κ2) is 9.64. The predicted octanol–water partition coefficient (Wildman–Crippen LogP) is 3.33. The van der Waals surface area contributed by atoms with Crippen molar-refractivity contribution in [2.45, 2.75) is 37.0 Å². The fraction of sp³-hybridized carbons (Fsp3) is 0.455. The summed E-state index contributed by atoms with van der Waals surface area (Å²) in [6, 6.07) is 8.25. The largest absolute Gasteiger partial charge is 0.356 e. The van der Waals surface area contributed by atoms with Crippen molar-refractivity contribution in [1.29, 1.82) is 0 Å². The molecule has 2 aromatic rings. The number of H-pyrrole nitrogens is 1. The number of carbonyl (C=O) groups is 2. The van der Waals surface area contributed by atoms with E-state index in [1.54, 1.807) is 29.2 Å². The lowest BCUT2D eigenvalue weighted by molar-refractivity contribution is -0.120. The average molecular weight is 479 g/mol. The van der Waals surface area contributed by atoms with E-state index in [1.807, 2.05) is 0 Å². The van der Waals surface area contributed by atoms with E-state index in [-0.39, 0.29) is 28.9 Å². The molecule has 1 aromatic heterocycles. The van der Waals surface area contributed by atoms with E-state index in [2.05, 4.69) is 10.3 Å². The maximum absolute atomic E-state index is 13.2. The lowest BCUT2D eigenvalue weighted by Crippen LogP contribution is -2.43. The number of aromatic amines is 1. The van der Waals surface area contributed by atoms with E-state index < -0.39 is 15.9 Å². The smallest absolute Gasteiger partial charge is 0.270 e. The summed E-state index contributed by atoms with van der Waals surface area (Å²) in [4.78, 5) is 30.0. The molecule has 172 valence electrons. The standard InChI is InChI=1S/C22H27ClN4O4S/c23-17-7-4-8-18(12-17)25-21(28)16-6-5-11-27(15-16)32(30,31)19-13-20(24-14-19)22(29)26-9-2-1-3-10-26/h4,7-8,12-14,16,24H,1-3,5-6,9-11,15H2,(H,25,28)/t16-/m1/s1. The predicted molar refractivity (Wildman–Crippen MR) is 122 cm³/mol. The number of likely N-dealkylation sites (tertiary alicyclic amines) is 1. The first-order valence-electron chi connectivity index (χ1n) is 10.9. The van der Waals surface area contributed by atoms with Gasteiger partial charge in [-0.25, -0.2) is 8.42 Å². The van der Waals surface area contributed by atoms with Crippen LogP contribution in [0.15, 0.2) is 41.4 Å². The number of piperidine rings is 2. The van der Waals surface area contributed by atoms with Crippen LogP contribution in [0.1, 0.15) is 42.6 Å². The summed E-state index contributed by atoms with van der Waals surface area (Å²) >= 11 is 5.97. The average Bonchev–Trinajstić information content (AvgIpc) is 3.30. The van der Waals surface area contributed by atoms with Gasteiger partial charge in [-0.05, 0) is 56.4 Å². The number of rotatable bonds is 5. The first-order valence-corrected chi connectivity index (χ1v) is 12.7. The highest BCUT2D eigenvalue weighted by Gasteiger charge is 2.34. The Hall–Kier alpha value is -2.36. The van der Waals surface area contributed by atoms with Crippen molar-refractivity contribution in [3.05, 3.63) is 47.2 Å². The molecule has 10 heteroatoms. The highest BCUT2D eigenvalue weighted by molar-refractivity contribution is 7.89. The van der Waals surface area contributed by atoms with Gasteiger partial charge in [0.1, 0.15) is 10.6 Å². The van der Waals surface area contributed by atoms with Crippen molar-refractivity contribution in [2.24, 2.45) is 5.92 Å². The van der Waals surface area contributed by atoms with Crippen molar-refractivity contribution in [1.82, 2.24) is 14.2 Å². The summed E-state index contributed by atoms with van der Waals surface area (Å²) in [7, 11) is -3.82. The summed E-state index contributed by atoms with van der Waals surface area (Å²) in [6.45, 7) is 1.81. The molecular weight excluding hydrogens is 452 g/mol. The van der Waals surface area contributed by atoms with Crippen LogP contribution in [0.5, 0.6) is 0 Å². The molecule has 4 rings (SSSR count). The maximum atomic E-state index is 13.2. The van der Waals surface area contributed by atoms with Gasteiger partial charge in [-0.1, -0.05) is 17.7 Å². The van der Waals surface area contributed by atoms with Gasteiger partial charge in [0, 0.05) is 43.1 Å². The van der Waals surface area contributed by atoms with Crippen molar-refractivity contribution in [3.8, 4) is 0 Å². The fourth-order valence-corrected chi connectivity index (χ4v) is 5.96. The molecule has 2 aliphatic heterocycles. The molecular formula is C22H27ClN4O4S. The van der Waals surface area contributed by atoms with Crippen LogP contribution >= 0.6 is 11.6 Å². The normalized spacial score (nSPS) is 20.2. The highest BCUT2D eigenvalue weighted by Crippen LogP contribution is 2.26. The van der Waals surface area contributed by atoms with Gasteiger partial charge in [0.05, 0.1) is 5.92 Å². The highest BCUT2D eigenvalue weighted by atomic mass is 35.5. The summed E-state index contributed by atoms with van der Waals surface area (Å²) in [6.07, 6.45) is 5.58. The summed E-state index contributed by atoms with van der Waals surface area (Å²) in [5.74, 6) is -0.878. The lowest BCUT2D eigenvalue weighted by Gasteiger charge is -2.31. The van der Waals surface area contributed by atoms with Crippen LogP contribution in [0.4, 0.5) is 5.69 Å². The molecule has 2 N–H and O–H groups in total. The van der Waals surface area contributed by atoms with Crippen molar-refractivity contribution in [3.63, 3.8) is 0 Å². The third-order valence-electron chi connectivity index (χ3n) is 6.02. The van der Waals surface area contributed by atoms with Crippen molar-refractivity contribution in [2.75, 3.05) is 31.5 Å². The molecule has 1 atom stereocenters. The van der Waals surface area contributed by atoms with Crippen molar-refractivity contribution < 1.29 is 18.0 Å². The number of nitrogens with one attached hydrogen (secondary N) is 2. The van der Waals surface area contributed by atoms with Gasteiger partial charge >= 0.3 is 0 Å². The Balaban J connectivity index is 1.44. The Bertz CT molecular complexity index is 1090. The van der Waals surface area contributed by atoms with Gasteiger partial charge in [0.25, 0.3) is 5.91 Å². The van der Waals surface area contributed by atoms with E-state index in [0.29, 0.717) is 43.2 Å². The van der Waals surface area contributed by atoms with Gasteiger partial charge in [0.2, 0.25) is 15.9 Å². The molecule has 0 unspecified atom stereocenters. The molecule has 0 bridgehead atoms. The molecule has 8 nitrogen and oxygen atoms in total. The minimum Gasteiger partial charge on any atom is -0.356 e. The lowest BCUT2D eigenvalue weighted by atomic mass is 9.99. The molecule has 1 aromatic carbocycles. The number of sulfonamides is 1. The van der Waals surface area contributed by atoms with Crippen LogP contribution < -0.4 is 5.32 Å². The molecule has 0 aliphatic carbocycles. The molecule has 2 saturated heterocycles. The maximum Gasteiger partial charge on any atom is 0.270 e. The molecule has 0 spiro atoms. The summed E-state index contributed by atoms with van der Waals surface area (Å²) in [5, 5.41) is 3.33. The summed E-state index contributed by atoms with van der Waals surface area (Å²) < 4.78 is 27.7. The molecule has 0 radical (unpaired) electrons. The SMILES string of the molecule is O=C(Nc1cccc(Cl)c1)[C@@H]1CCCN(S(=O)(=O)c2c[nH]c(C(=O)N3CCCCC3)c2)C1. The summed E-state index contributed by atoms with van der Waals surface area (Å²) in [5.41, 5.74) is 0.853. The number of hydrogen-bond donors (Lipinski definition) is 2. The molecule has 2 amide bonds. The Morgan fingerprint density at radius 3 is 2.59 bits per heavy atom. The number of anilines is 1. The molecule has 3 heterocycles. The quantitative estimate of drug-likeness (QED) is 0.687. The number of aromatic nitrogens is 1. The third-order valence-corrected chi connectivity index (χ3v) is 8.09. The Kier molecular flexibility index (Phi) is 6.88. The van der Waals surface area contributed by atoms with Crippen LogP contribution in [-0.4, -0.2) is 60.6 Å².